The van der Waals surface area contributed by atoms with Crippen molar-refractivity contribution in [3.63, 3.8) is 0 Å². The van der Waals surface area contributed by atoms with E-state index in [9.17, 15) is 13.2 Å². The van der Waals surface area contributed by atoms with Crippen LogP contribution in [0.1, 0.15) is 15.9 Å². The van der Waals surface area contributed by atoms with Crippen LogP contribution >= 0.6 is 23.2 Å². The van der Waals surface area contributed by atoms with Gasteiger partial charge >= 0.3 is 0 Å². The molecule has 0 aliphatic carbocycles. The molecule has 0 spiro atoms. The lowest BCUT2D eigenvalue weighted by Gasteiger charge is -2.12. The molecular weight excluding hydrogens is 459 g/mol. The molecule has 0 aromatic heterocycles. The summed E-state index contributed by atoms with van der Waals surface area (Å²) < 4.78 is 33.1. The fourth-order valence-electron chi connectivity index (χ4n) is 2.65. The van der Waals surface area contributed by atoms with Crippen molar-refractivity contribution in [3.8, 4) is 5.75 Å². The minimum absolute atomic E-state index is 0.124. The lowest BCUT2D eigenvalue weighted by molar-refractivity contribution is 0.0947. The third-order valence-electron chi connectivity index (χ3n) is 4.26. The van der Waals surface area contributed by atoms with E-state index in [1.165, 1.54) is 30.3 Å². The first-order valence-electron chi connectivity index (χ1n) is 9.30. The maximum atomic E-state index is 12.6. The molecule has 0 heterocycles. The van der Waals surface area contributed by atoms with E-state index in [1.54, 1.807) is 36.4 Å². The molecule has 1 amide bonds. The molecule has 2 N–H and O–H groups in total. The number of sulfonamides is 1. The summed E-state index contributed by atoms with van der Waals surface area (Å²) in [4.78, 5) is 12.6. The first-order valence-corrected chi connectivity index (χ1v) is 11.5. The molecule has 3 aromatic carbocycles. The molecule has 31 heavy (non-hydrogen) atoms. The predicted molar refractivity (Wildman–Crippen MR) is 123 cm³/mol. The van der Waals surface area contributed by atoms with Crippen molar-refractivity contribution < 1.29 is 17.9 Å². The number of aryl methyl sites for hydroxylation is 1. The van der Waals surface area contributed by atoms with Crippen molar-refractivity contribution in [2.24, 2.45) is 0 Å². The zero-order valence-electron chi connectivity index (χ0n) is 16.6. The van der Waals surface area contributed by atoms with Gasteiger partial charge in [-0.25, -0.2) is 8.42 Å². The van der Waals surface area contributed by atoms with Crippen LogP contribution in [-0.2, 0) is 10.0 Å². The number of carbonyl (C=O) groups is 1. The van der Waals surface area contributed by atoms with Crippen molar-refractivity contribution in [1.29, 1.82) is 0 Å². The number of hydrogen-bond acceptors (Lipinski definition) is 4. The zero-order valence-corrected chi connectivity index (χ0v) is 18.9. The number of benzene rings is 3. The van der Waals surface area contributed by atoms with Crippen molar-refractivity contribution in [3.05, 3.63) is 87.9 Å². The van der Waals surface area contributed by atoms with Gasteiger partial charge in [-0.1, -0.05) is 40.9 Å². The third-order valence-corrected chi connectivity index (χ3v) is 6.24. The number of ether oxygens (including phenoxy) is 1. The van der Waals surface area contributed by atoms with Crippen molar-refractivity contribution >= 4 is 44.8 Å². The van der Waals surface area contributed by atoms with Crippen LogP contribution in [0.15, 0.2) is 71.6 Å². The van der Waals surface area contributed by atoms with Crippen LogP contribution in [0.3, 0.4) is 0 Å². The highest BCUT2D eigenvalue weighted by Crippen LogP contribution is 2.23. The summed E-state index contributed by atoms with van der Waals surface area (Å²) in [6.07, 6.45) is 0. The summed E-state index contributed by atoms with van der Waals surface area (Å²) in [5.41, 5.74) is 1.33. The minimum Gasteiger partial charge on any atom is -0.492 e. The Morgan fingerprint density at radius 3 is 2.32 bits per heavy atom. The quantitative estimate of drug-likeness (QED) is 0.450. The Kier molecular flexibility index (Phi) is 7.43. The molecule has 0 atom stereocenters. The SMILES string of the molecule is Cc1ccc(S(=O)(=O)Nc2ccc(Cl)c(C(=O)NCCOc3ccc(Cl)cc3)c2)cc1. The van der Waals surface area contributed by atoms with Gasteiger partial charge in [0.15, 0.2) is 0 Å². The second-order valence-corrected chi connectivity index (χ2v) is 9.20. The largest absolute Gasteiger partial charge is 0.492 e. The van der Waals surface area contributed by atoms with Gasteiger partial charge in [-0.2, -0.15) is 0 Å². The molecule has 0 fully saturated rings. The molecule has 6 nitrogen and oxygen atoms in total. The van der Waals surface area contributed by atoms with Gasteiger partial charge in [-0.05, 0) is 61.5 Å². The normalized spacial score (nSPS) is 11.1. The standard InChI is InChI=1S/C22H20Cl2N2O4S/c1-15-2-9-19(10-3-15)31(28,29)26-17-6-11-21(24)20(14-17)22(27)25-12-13-30-18-7-4-16(23)5-8-18/h2-11,14,26H,12-13H2,1H3,(H,25,27). The molecule has 0 aliphatic rings. The van der Waals surface area contributed by atoms with E-state index in [-0.39, 0.29) is 34.3 Å². The summed E-state index contributed by atoms with van der Waals surface area (Å²) in [5.74, 6) is 0.185. The molecule has 0 saturated carbocycles. The first-order chi connectivity index (χ1) is 14.7. The number of anilines is 1. The molecule has 162 valence electrons. The van der Waals surface area contributed by atoms with E-state index in [0.717, 1.165) is 5.56 Å². The van der Waals surface area contributed by atoms with E-state index in [1.807, 2.05) is 6.92 Å². The van der Waals surface area contributed by atoms with E-state index in [0.29, 0.717) is 10.8 Å². The van der Waals surface area contributed by atoms with E-state index >= 15 is 0 Å². The average molecular weight is 479 g/mol. The number of halogens is 2. The van der Waals surface area contributed by atoms with Gasteiger partial charge in [0.1, 0.15) is 12.4 Å². The molecule has 0 radical (unpaired) electrons. The van der Waals surface area contributed by atoms with Gasteiger partial charge in [-0.3, -0.25) is 9.52 Å². The predicted octanol–water partition coefficient (Wildman–Crippen LogP) is 4.91. The number of rotatable bonds is 8. The Morgan fingerprint density at radius 1 is 0.968 bits per heavy atom. The Labute approximate surface area is 191 Å². The topological polar surface area (TPSA) is 84.5 Å². The number of hydrogen-bond donors (Lipinski definition) is 2. The molecule has 3 aromatic rings. The smallest absolute Gasteiger partial charge is 0.261 e. The molecule has 0 aliphatic heterocycles. The van der Waals surface area contributed by atoms with Crippen molar-refractivity contribution in [2.45, 2.75) is 11.8 Å². The van der Waals surface area contributed by atoms with Crippen LogP contribution in [0.2, 0.25) is 10.0 Å². The van der Waals surface area contributed by atoms with Gasteiger partial charge in [-0.15, -0.1) is 0 Å². The minimum atomic E-state index is -3.79. The lowest BCUT2D eigenvalue weighted by atomic mass is 10.2. The van der Waals surface area contributed by atoms with Crippen LogP contribution in [-0.4, -0.2) is 27.5 Å². The second-order valence-electron chi connectivity index (χ2n) is 6.67. The summed E-state index contributed by atoms with van der Waals surface area (Å²) in [5, 5.41) is 3.51. The second kappa shape index (κ2) is 10.0. The Balaban J connectivity index is 1.62. The average Bonchev–Trinajstić information content (AvgIpc) is 2.74. The van der Waals surface area contributed by atoms with Gasteiger partial charge in [0.05, 0.1) is 22.0 Å². The number of amides is 1. The zero-order chi connectivity index (χ0) is 22.4. The summed E-state index contributed by atoms with van der Waals surface area (Å²) in [6.45, 7) is 2.34. The monoisotopic (exact) mass is 478 g/mol. The van der Waals surface area contributed by atoms with Gasteiger partial charge in [0.25, 0.3) is 15.9 Å². The van der Waals surface area contributed by atoms with E-state index < -0.39 is 15.9 Å². The van der Waals surface area contributed by atoms with Crippen molar-refractivity contribution in [2.75, 3.05) is 17.9 Å². The highest BCUT2D eigenvalue weighted by atomic mass is 35.5. The van der Waals surface area contributed by atoms with Crippen LogP contribution in [0, 0.1) is 6.92 Å². The van der Waals surface area contributed by atoms with E-state index in [2.05, 4.69) is 10.0 Å². The fourth-order valence-corrected chi connectivity index (χ4v) is 4.03. The van der Waals surface area contributed by atoms with Crippen LogP contribution in [0.5, 0.6) is 5.75 Å². The molecule has 3 rings (SSSR count). The molecule has 0 unspecified atom stereocenters. The number of carbonyl (C=O) groups excluding carboxylic acids is 1. The highest BCUT2D eigenvalue weighted by molar-refractivity contribution is 7.92. The third kappa shape index (κ3) is 6.37. The van der Waals surface area contributed by atoms with Gasteiger partial charge in [0, 0.05) is 10.7 Å². The maximum Gasteiger partial charge on any atom is 0.261 e. The molecule has 0 bridgehead atoms. The van der Waals surface area contributed by atoms with Gasteiger partial charge < -0.3 is 10.1 Å². The van der Waals surface area contributed by atoms with E-state index in [4.69, 9.17) is 27.9 Å². The van der Waals surface area contributed by atoms with Crippen LogP contribution in [0.4, 0.5) is 5.69 Å². The maximum absolute atomic E-state index is 12.6. The van der Waals surface area contributed by atoms with Crippen LogP contribution in [0.25, 0.3) is 0 Å². The Bertz CT molecular complexity index is 1170. The molecule has 0 saturated heterocycles. The summed E-state index contributed by atoms with van der Waals surface area (Å²) in [6, 6.07) is 17.7. The molecule has 9 heteroatoms. The number of nitrogens with one attached hydrogen (secondary N) is 2. The highest BCUT2D eigenvalue weighted by Gasteiger charge is 2.16. The Hall–Kier alpha value is -2.74. The fraction of sp³-hybridized carbons (Fsp3) is 0.136. The molecular formula is C22H20Cl2N2O4S. The summed E-state index contributed by atoms with van der Waals surface area (Å²) in [7, 11) is -3.79. The summed E-state index contributed by atoms with van der Waals surface area (Å²) >= 11 is 12.0. The lowest BCUT2D eigenvalue weighted by Crippen LogP contribution is -2.28. The van der Waals surface area contributed by atoms with Gasteiger partial charge in [0.2, 0.25) is 0 Å². The van der Waals surface area contributed by atoms with Crippen molar-refractivity contribution in [1.82, 2.24) is 5.32 Å². The first kappa shape index (κ1) is 22.9. The Morgan fingerprint density at radius 2 is 1.65 bits per heavy atom. The van der Waals surface area contributed by atoms with Crippen LogP contribution < -0.4 is 14.8 Å².